The summed E-state index contributed by atoms with van der Waals surface area (Å²) in [6.07, 6.45) is 1.84. The molecule has 20 heavy (non-hydrogen) atoms. The van der Waals surface area contributed by atoms with Crippen molar-refractivity contribution in [1.82, 2.24) is 4.98 Å². The van der Waals surface area contributed by atoms with Crippen molar-refractivity contribution in [1.29, 1.82) is 0 Å². The van der Waals surface area contributed by atoms with Gasteiger partial charge in [0.05, 0.1) is 11.2 Å². The van der Waals surface area contributed by atoms with Crippen LogP contribution >= 0.6 is 27.7 Å². The minimum Gasteiger partial charge on any atom is -0.398 e. The molecule has 0 amide bonds. The fourth-order valence-corrected chi connectivity index (χ4v) is 4.12. The van der Waals surface area contributed by atoms with Gasteiger partial charge in [-0.3, -0.25) is 4.98 Å². The lowest BCUT2D eigenvalue weighted by Gasteiger charge is -2.39. The molecule has 1 aliphatic rings. The van der Waals surface area contributed by atoms with Crippen molar-refractivity contribution in [3.8, 4) is 0 Å². The van der Waals surface area contributed by atoms with Gasteiger partial charge >= 0.3 is 0 Å². The number of nitrogen functional groups attached to an aromatic ring is 1. The fourth-order valence-electron chi connectivity index (χ4n) is 2.68. The van der Waals surface area contributed by atoms with Gasteiger partial charge in [0.15, 0.2) is 0 Å². The third-order valence-electron chi connectivity index (χ3n) is 3.60. The summed E-state index contributed by atoms with van der Waals surface area (Å²) in [5.74, 6) is 1.15. The number of hydrogen-bond donors (Lipinski definition) is 1. The van der Waals surface area contributed by atoms with Crippen molar-refractivity contribution in [2.24, 2.45) is 0 Å². The van der Waals surface area contributed by atoms with Crippen molar-refractivity contribution in [2.75, 3.05) is 29.5 Å². The predicted molar refractivity (Wildman–Crippen MR) is 92.6 cm³/mol. The topological polar surface area (TPSA) is 42.1 Å². The fraction of sp³-hybridized carbons (Fsp3) is 0.400. The van der Waals surface area contributed by atoms with Crippen LogP contribution in [0.3, 0.4) is 0 Å². The van der Waals surface area contributed by atoms with E-state index in [2.05, 4.69) is 45.7 Å². The van der Waals surface area contributed by atoms with Crippen LogP contribution in [0.2, 0.25) is 0 Å². The lowest BCUT2D eigenvalue weighted by Crippen LogP contribution is -2.43. The van der Waals surface area contributed by atoms with Gasteiger partial charge in [-0.15, -0.1) is 0 Å². The molecule has 0 spiro atoms. The van der Waals surface area contributed by atoms with Crippen LogP contribution in [0.5, 0.6) is 0 Å². The van der Waals surface area contributed by atoms with E-state index < -0.39 is 0 Å². The SMILES string of the molecule is CC1(C)CN(c2ccc(N)c3cc(Br)cnc23)CCS1. The summed E-state index contributed by atoms with van der Waals surface area (Å²) in [5.41, 5.74) is 9.06. The second-order valence-electron chi connectivity index (χ2n) is 5.75. The maximum absolute atomic E-state index is 6.09. The Morgan fingerprint density at radius 1 is 1.40 bits per heavy atom. The van der Waals surface area contributed by atoms with E-state index in [1.165, 1.54) is 5.69 Å². The number of rotatable bonds is 1. The first-order valence-corrected chi connectivity index (χ1v) is 8.47. The number of hydrogen-bond acceptors (Lipinski definition) is 4. The van der Waals surface area contributed by atoms with Crippen LogP contribution in [-0.2, 0) is 0 Å². The molecule has 3 nitrogen and oxygen atoms in total. The molecule has 0 aliphatic carbocycles. The number of pyridine rings is 1. The first-order valence-electron chi connectivity index (χ1n) is 6.69. The predicted octanol–water partition coefficient (Wildman–Crippen LogP) is 3.91. The number of fused-ring (bicyclic) bond motifs is 1. The standard InChI is InChI=1S/C15H18BrN3S/c1-15(2)9-19(5-6-20-15)13-4-3-12(17)11-7-10(16)8-18-14(11)13/h3-4,7-8H,5-6,9,17H2,1-2H3. The van der Waals surface area contributed by atoms with E-state index in [0.29, 0.717) is 0 Å². The molecule has 2 heterocycles. The zero-order valence-corrected chi connectivity index (χ0v) is 14.1. The molecule has 1 fully saturated rings. The number of nitrogens with two attached hydrogens (primary N) is 1. The van der Waals surface area contributed by atoms with Gasteiger partial charge in [-0.05, 0) is 48.0 Å². The Hall–Kier alpha value is -0.940. The Morgan fingerprint density at radius 3 is 2.95 bits per heavy atom. The zero-order chi connectivity index (χ0) is 14.3. The maximum atomic E-state index is 6.09. The van der Waals surface area contributed by atoms with Crippen LogP contribution in [-0.4, -0.2) is 28.6 Å². The normalized spacial score (nSPS) is 18.4. The second-order valence-corrected chi connectivity index (χ2v) is 8.47. The number of anilines is 2. The molecular formula is C15H18BrN3S. The average molecular weight is 352 g/mol. The molecule has 0 bridgehead atoms. The Labute approximate surface area is 132 Å². The van der Waals surface area contributed by atoms with Gasteiger partial charge < -0.3 is 10.6 Å². The molecule has 1 aliphatic heterocycles. The number of aromatic nitrogens is 1. The van der Waals surface area contributed by atoms with Gasteiger partial charge in [0.1, 0.15) is 0 Å². The smallest absolute Gasteiger partial charge is 0.0956 e. The minimum atomic E-state index is 0.279. The first kappa shape index (κ1) is 14.0. The van der Waals surface area contributed by atoms with Crippen LogP contribution < -0.4 is 10.6 Å². The quantitative estimate of drug-likeness (QED) is 0.790. The van der Waals surface area contributed by atoms with Crippen LogP contribution in [0.15, 0.2) is 28.9 Å². The van der Waals surface area contributed by atoms with Crippen molar-refractivity contribution in [3.63, 3.8) is 0 Å². The second kappa shape index (κ2) is 5.11. The highest BCUT2D eigenvalue weighted by molar-refractivity contribution is 9.10. The molecule has 2 N–H and O–H groups in total. The number of benzene rings is 1. The first-order chi connectivity index (χ1) is 9.46. The van der Waals surface area contributed by atoms with Crippen LogP contribution in [0.25, 0.3) is 10.9 Å². The average Bonchev–Trinajstić information content (AvgIpc) is 2.38. The monoisotopic (exact) mass is 351 g/mol. The molecule has 0 atom stereocenters. The Morgan fingerprint density at radius 2 is 2.20 bits per heavy atom. The highest BCUT2D eigenvalue weighted by Crippen LogP contribution is 2.36. The molecule has 5 heteroatoms. The van der Waals surface area contributed by atoms with E-state index in [-0.39, 0.29) is 4.75 Å². The minimum absolute atomic E-state index is 0.279. The molecule has 1 aromatic carbocycles. The Bertz CT molecular complexity index is 657. The third kappa shape index (κ3) is 2.61. The van der Waals surface area contributed by atoms with Gasteiger partial charge in [0.2, 0.25) is 0 Å². The van der Waals surface area contributed by atoms with E-state index in [4.69, 9.17) is 5.73 Å². The summed E-state index contributed by atoms with van der Waals surface area (Å²) in [4.78, 5) is 7.02. The van der Waals surface area contributed by atoms with Crippen molar-refractivity contribution in [2.45, 2.75) is 18.6 Å². The summed E-state index contributed by atoms with van der Waals surface area (Å²) in [5, 5.41) is 1.02. The molecule has 106 valence electrons. The van der Waals surface area contributed by atoms with Crippen molar-refractivity contribution in [3.05, 3.63) is 28.9 Å². The van der Waals surface area contributed by atoms with Gasteiger partial charge in [-0.2, -0.15) is 11.8 Å². The maximum Gasteiger partial charge on any atom is 0.0956 e. The lowest BCUT2D eigenvalue weighted by molar-refractivity contribution is 0.649. The summed E-state index contributed by atoms with van der Waals surface area (Å²) < 4.78 is 1.24. The largest absolute Gasteiger partial charge is 0.398 e. The summed E-state index contributed by atoms with van der Waals surface area (Å²) in [7, 11) is 0. The van der Waals surface area contributed by atoms with E-state index in [0.717, 1.165) is 39.9 Å². The van der Waals surface area contributed by atoms with Crippen LogP contribution in [0, 0.1) is 0 Å². The van der Waals surface area contributed by atoms with E-state index in [1.54, 1.807) is 0 Å². The lowest BCUT2D eigenvalue weighted by atomic mass is 10.1. The van der Waals surface area contributed by atoms with E-state index in [1.807, 2.05) is 30.1 Å². The molecule has 1 saturated heterocycles. The van der Waals surface area contributed by atoms with Crippen molar-refractivity contribution < 1.29 is 0 Å². The molecule has 0 saturated carbocycles. The summed E-state index contributed by atoms with van der Waals surface area (Å²) >= 11 is 5.51. The van der Waals surface area contributed by atoms with Crippen LogP contribution in [0.4, 0.5) is 11.4 Å². The Kier molecular flexibility index (Phi) is 3.58. The molecule has 1 aromatic heterocycles. The molecular weight excluding hydrogens is 334 g/mol. The number of nitrogens with zero attached hydrogens (tertiary/aromatic N) is 2. The zero-order valence-electron chi connectivity index (χ0n) is 11.7. The summed E-state index contributed by atoms with van der Waals surface area (Å²) in [6, 6.07) is 6.14. The summed E-state index contributed by atoms with van der Waals surface area (Å²) in [6.45, 7) is 6.69. The third-order valence-corrected chi connectivity index (χ3v) is 5.33. The van der Waals surface area contributed by atoms with Crippen LogP contribution in [0.1, 0.15) is 13.8 Å². The van der Waals surface area contributed by atoms with Gasteiger partial charge in [-0.25, -0.2) is 0 Å². The highest BCUT2D eigenvalue weighted by atomic mass is 79.9. The van der Waals surface area contributed by atoms with E-state index >= 15 is 0 Å². The van der Waals surface area contributed by atoms with Gasteiger partial charge in [-0.1, -0.05) is 0 Å². The van der Waals surface area contributed by atoms with Crippen molar-refractivity contribution >= 4 is 50.0 Å². The molecule has 0 unspecified atom stereocenters. The molecule has 2 aromatic rings. The van der Waals surface area contributed by atoms with Gasteiger partial charge in [0.25, 0.3) is 0 Å². The van der Waals surface area contributed by atoms with Gasteiger partial charge in [0, 0.05) is 45.3 Å². The number of halogens is 1. The number of thioether (sulfide) groups is 1. The molecule has 3 rings (SSSR count). The highest BCUT2D eigenvalue weighted by Gasteiger charge is 2.28. The Balaban J connectivity index is 2.10. The molecule has 0 radical (unpaired) electrons. The van der Waals surface area contributed by atoms with E-state index in [9.17, 15) is 0 Å².